The Hall–Kier alpha value is -1.39. The lowest BCUT2D eigenvalue weighted by Crippen LogP contribution is -2.50. The van der Waals surface area contributed by atoms with Crippen LogP contribution in [0.4, 0.5) is 5.69 Å². The smallest absolute Gasteiger partial charge is 0.244 e. The maximum atomic E-state index is 12.6. The number of hydrogen-bond donors (Lipinski definition) is 1. The second kappa shape index (κ2) is 5.54. The van der Waals surface area contributed by atoms with Crippen LogP contribution in [0.25, 0.3) is 0 Å². The van der Waals surface area contributed by atoms with E-state index in [9.17, 15) is 9.90 Å². The lowest BCUT2D eigenvalue weighted by atomic mass is 9.94. The number of rotatable bonds is 2. The molecule has 1 aromatic carbocycles. The van der Waals surface area contributed by atoms with Gasteiger partial charge in [-0.1, -0.05) is 25.1 Å². The Labute approximate surface area is 120 Å². The van der Waals surface area contributed by atoms with Crippen LogP contribution in [0.5, 0.6) is 0 Å². The zero-order valence-electron chi connectivity index (χ0n) is 11.9. The Morgan fingerprint density at radius 3 is 2.60 bits per heavy atom. The predicted octanol–water partition coefficient (Wildman–Crippen LogP) is 1.49. The molecule has 20 heavy (non-hydrogen) atoms. The second-order valence-electron chi connectivity index (χ2n) is 5.96. The Morgan fingerprint density at radius 1 is 1.15 bits per heavy atom. The standard InChI is InChI=1S/C16H22N2O2/c1-12-7-9-17(11-15(12)19)14-8-10-18(16(14)20)13-5-3-2-4-6-13/h2-6,12,14-15,19H,7-11H2,1H3. The summed E-state index contributed by atoms with van der Waals surface area (Å²) in [5.74, 6) is 0.519. The minimum atomic E-state index is -0.303. The largest absolute Gasteiger partial charge is 0.392 e. The number of amides is 1. The lowest BCUT2D eigenvalue weighted by molar-refractivity contribution is -0.123. The molecule has 0 radical (unpaired) electrons. The number of piperidine rings is 1. The maximum absolute atomic E-state index is 12.6. The van der Waals surface area contributed by atoms with Gasteiger partial charge >= 0.3 is 0 Å². The van der Waals surface area contributed by atoms with Crippen LogP contribution in [0.1, 0.15) is 19.8 Å². The van der Waals surface area contributed by atoms with Crippen molar-refractivity contribution >= 4 is 11.6 Å². The average molecular weight is 274 g/mol. The van der Waals surface area contributed by atoms with Gasteiger partial charge in [0.05, 0.1) is 12.1 Å². The predicted molar refractivity (Wildman–Crippen MR) is 78.6 cm³/mol. The fourth-order valence-corrected chi connectivity index (χ4v) is 3.22. The third-order valence-corrected chi connectivity index (χ3v) is 4.64. The van der Waals surface area contributed by atoms with Gasteiger partial charge in [-0.2, -0.15) is 0 Å². The number of β-amino-alcohol motifs (C(OH)–C–C–N with tert-alkyl or cyclic N) is 1. The van der Waals surface area contributed by atoms with E-state index in [1.165, 1.54) is 0 Å². The van der Waals surface area contributed by atoms with Crippen molar-refractivity contribution in [3.8, 4) is 0 Å². The first-order chi connectivity index (χ1) is 9.66. The molecule has 3 atom stereocenters. The Morgan fingerprint density at radius 2 is 1.90 bits per heavy atom. The normalized spacial score (nSPS) is 31.8. The number of para-hydroxylation sites is 1. The topological polar surface area (TPSA) is 43.8 Å². The first-order valence-electron chi connectivity index (χ1n) is 7.45. The number of anilines is 1. The zero-order chi connectivity index (χ0) is 14.1. The molecule has 0 bridgehead atoms. The van der Waals surface area contributed by atoms with Crippen LogP contribution >= 0.6 is 0 Å². The second-order valence-corrected chi connectivity index (χ2v) is 5.96. The first kappa shape index (κ1) is 13.6. The van der Waals surface area contributed by atoms with Gasteiger partial charge in [-0.05, 0) is 37.4 Å². The van der Waals surface area contributed by atoms with Crippen LogP contribution in [-0.2, 0) is 4.79 Å². The molecular formula is C16H22N2O2. The van der Waals surface area contributed by atoms with Crippen LogP contribution < -0.4 is 4.90 Å². The highest BCUT2D eigenvalue weighted by Gasteiger charge is 2.39. The van der Waals surface area contributed by atoms with Crippen LogP contribution in [-0.4, -0.2) is 47.7 Å². The molecular weight excluding hydrogens is 252 g/mol. The summed E-state index contributed by atoms with van der Waals surface area (Å²) < 4.78 is 0. The van der Waals surface area contributed by atoms with Crippen molar-refractivity contribution in [2.75, 3.05) is 24.5 Å². The summed E-state index contributed by atoms with van der Waals surface area (Å²) in [5, 5.41) is 10.0. The van der Waals surface area contributed by atoms with E-state index in [1.54, 1.807) is 0 Å². The number of carbonyl (C=O) groups excluding carboxylic acids is 1. The molecule has 2 aliphatic rings. The van der Waals surface area contributed by atoms with Crippen molar-refractivity contribution < 1.29 is 9.90 Å². The van der Waals surface area contributed by atoms with E-state index in [0.717, 1.165) is 31.6 Å². The third-order valence-electron chi connectivity index (χ3n) is 4.64. The van der Waals surface area contributed by atoms with E-state index in [0.29, 0.717) is 12.5 Å². The maximum Gasteiger partial charge on any atom is 0.244 e. The van der Waals surface area contributed by atoms with Crippen molar-refractivity contribution in [2.24, 2.45) is 5.92 Å². The number of aliphatic hydroxyl groups is 1. The Bertz CT molecular complexity index is 477. The van der Waals surface area contributed by atoms with E-state index in [4.69, 9.17) is 0 Å². The fraction of sp³-hybridized carbons (Fsp3) is 0.562. The van der Waals surface area contributed by atoms with Gasteiger partial charge < -0.3 is 10.0 Å². The number of hydrogen-bond acceptors (Lipinski definition) is 3. The molecule has 2 saturated heterocycles. The molecule has 1 amide bonds. The number of carbonyl (C=O) groups is 1. The summed E-state index contributed by atoms with van der Waals surface area (Å²) in [7, 11) is 0. The lowest BCUT2D eigenvalue weighted by Gasteiger charge is -2.37. The summed E-state index contributed by atoms with van der Waals surface area (Å²) in [6, 6.07) is 9.78. The van der Waals surface area contributed by atoms with Crippen molar-refractivity contribution in [3.05, 3.63) is 30.3 Å². The van der Waals surface area contributed by atoms with Gasteiger partial charge in [-0.25, -0.2) is 0 Å². The summed E-state index contributed by atoms with van der Waals surface area (Å²) >= 11 is 0. The Balaban J connectivity index is 1.70. The number of aliphatic hydroxyl groups excluding tert-OH is 1. The molecule has 1 N–H and O–H groups in total. The molecule has 4 heteroatoms. The van der Waals surface area contributed by atoms with Gasteiger partial charge in [0.1, 0.15) is 0 Å². The molecule has 2 fully saturated rings. The number of likely N-dealkylation sites (tertiary alicyclic amines) is 1. The molecule has 2 aliphatic heterocycles. The molecule has 2 heterocycles. The van der Waals surface area contributed by atoms with Crippen LogP contribution in [0.3, 0.4) is 0 Å². The van der Waals surface area contributed by atoms with Gasteiger partial charge in [-0.15, -0.1) is 0 Å². The molecule has 0 aromatic heterocycles. The van der Waals surface area contributed by atoms with E-state index in [2.05, 4.69) is 11.8 Å². The summed E-state index contributed by atoms with van der Waals surface area (Å²) in [6.07, 6.45) is 1.52. The van der Waals surface area contributed by atoms with Gasteiger partial charge in [0.15, 0.2) is 0 Å². The van der Waals surface area contributed by atoms with Crippen LogP contribution in [0, 0.1) is 5.92 Å². The molecule has 3 rings (SSSR count). The monoisotopic (exact) mass is 274 g/mol. The molecule has 108 valence electrons. The van der Waals surface area contributed by atoms with Gasteiger partial charge in [0.25, 0.3) is 0 Å². The highest BCUT2D eigenvalue weighted by atomic mass is 16.3. The third kappa shape index (κ3) is 2.45. The van der Waals surface area contributed by atoms with Crippen molar-refractivity contribution in [2.45, 2.75) is 31.9 Å². The fourth-order valence-electron chi connectivity index (χ4n) is 3.22. The average Bonchev–Trinajstić information content (AvgIpc) is 2.85. The molecule has 0 aliphatic carbocycles. The molecule has 4 nitrogen and oxygen atoms in total. The molecule has 1 aromatic rings. The summed E-state index contributed by atoms with van der Waals surface area (Å²) in [6.45, 7) is 4.39. The molecule has 0 saturated carbocycles. The van der Waals surface area contributed by atoms with Gasteiger partial charge in [0, 0.05) is 18.8 Å². The van der Waals surface area contributed by atoms with Crippen molar-refractivity contribution in [1.82, 2.24) is 4.90 Å². The van der Waals surface area contributed by atoms with Crippen molar-refractivity contribution in [3.63, 3.8) is 0 Å². The number of benzene rings is 1. The van der Waals surface area contributed by atoms with Gasteiger partial charge in [0.2, 0.25) is 5.91 Å². The Kier molecular flexibility index (Phi) is 3.76. The first-order valence-corrected chi connectivity index (χ1v) is 7.45. The molecule has 3 unspecified atom stereocenters. The minimum Gasteiger partial charge on any atom is -0.392 e. The molecule has 0 spiro atoms. The zero-order valence-corrected chi connectivity index (χ0v) is 11.9. The highest BCUT2D eigenvalue weighted by molar-refractivity contribution is 5.99. The number of nitrogens with zero attached hydrogens (tertiary/aromatic N) is 2. The highest BCUT2D eigenvalue weighted by Crippen LogP contribution is 2.27. The summed E-state index contributed by atoms with van der Waals surface area (Å²) in [5.41, 5.74) is 0.978. The van der Waals surface area contributed by atoms with Crippen molar-refractivity contribution in [1.29, 1.82) is 0 Å². The van der Waals surface area contributed by atoms with Gasteiger partial charge in [-0.3, -0.25) is 9.69 Å². The van der Waals surface area contributed by atoms with Crippen LogP contribution in [0.15, 0.2) is 30.3 Å². The van der Waals surface area contributed by atoms with Crippen LogP contribution in [0.2, 0.25) is 0 Å². The van der Waals surface area contributed by atoms with E-state index in [1.807, 2.05) is 35.2 Å². The van der Waals surface area contributed by atoms with E-state index < -0.39 is 0 Å². The van der Waals surface area contributed by atoms with E-state index in [-0.39, 0.29) is 18.1 Å². The SMILES string of the molecule is CC1CCN(C2CCN(c3ccccc3)C2=O)CC1O. The minimum absolute atomic E-state index is 0.0580. The summed E-state index contributed by atoms with van der Waals surface area (Å²) in [4.78, 5) is 16.6. The van der Waals surface area contributed by atoms with E-state index >= 15 is 0 Å². The quantitative estimate of drug-likeness (QED) is 0.888.